The fourth-order valence-corrected chi connectivity index (χ4v) is 5.08. The van der Waals surface area contributed by atoms with Gasteiger partial charge in [-0.25, -0.2) is 9.97 Å². The van der Waals surface area contributed by atoms with Crippen LogP contribution in [0.1, 0.15) is 35.7 Å². The van der Waals surface area contributed by atoms with Crippen molar-refractivity contribution in [2.24, 2.45) is 11.3 Å². The second-order valence-electron chi connectivity index (χ2n) is 8.89. The predicted octanol–water partition coefficient (Wildman–Crippen LogP) is 2.49. The molecule has 1 aromatic heterocycles. The number of nitrogens with zero attached hydrogens (tertiary/aromatic N) is 5. The van der Waals surface area contributed by atoms with Gasteiger partial charge in [-0.3, -0.25) is 9.59 Å². The van der Waals surface area contributed by atoms with E-state index >= 15 is 0 Å². The molecule has 7 heteroatoms. The van der Waals surface area contributed by atoms with Crippen molar-refractivity contribution in [3.8, 4) is 0 Å². The van der Waals surface area contributed by atoms with Crippen LogP contribution in [0.3, 0.4) is 0 Å². The average Bonchev–Trinajstić information content (AvgIpc) is 3.07. The molecule has 2 amide bonds. The molecule has 2 aromatic rings. The molecule has 0 aliphatic carbocycles. The zero-order valence-corrected chi connectivity index (χ0v) is 18.6. The third-order valence-corrected chi connectivity index (χ3v) is 6.75. The minimum atomic E-state index is -0.524. The Morgan fingerprint density at radius 3 is 2.48 bits per heavy atom. The van der Waals surface area contributed by atoms with Crippen LogP contribution < -0.4 is 4.90 Å². The van der Waals surface area contributed by atoms with Crippen LogP contribution in [0.4, 0.5) is 5.95 Å². The molecule has 7 nitrogen and oxygen atoms in total. The Hall–Kier alpha value is -2.96. The second-order valence-corrected chi connectivity index (χ2v) is 8.89. The van der Waals surface area contributed by atoms with Crippen molar-refractivity contribution in [1.82, 2.24) is 19.8 Å². The lowest BCUT2D eigenvalue weighted by Crippen LogP contribution is -2.47. The number of likely N-dealkylation sites (tertiary alicyclic amines) is 1. The summed E-state index contributed by atoms with van der Waals surface area (Å²) >= 11 is 0. The first-order valence-corrected chi connectivity index (χ1v) is 11.1. The Bertz CT molecular complexity index is 931. The number of aromatic nitrogens is 2. The van der Waals surface area contributed by atoms with Crippen LogP contribution in [0.2, 0.25) is 0 Å². The van der Waals surface area contributed by atoms with Crippen molar-refractivity contribution < 1.29 is 9.59 Å². The standard InChI is InChI=1S/C24H31N5O2/c1-4-18-7-9-19(10-8-18)21(30)28-14-5-11-24(22(31)27(2)3)17-29(16-20(24)15-28)23-25-12-6-13-26-23/h6-10,12-13,20H,4-5,11,14-17H2,1-3H3/t20-,24-/m0/s1. The molecule has 2 aliphatic heterocycles. The first-order chi connectivity index (χ1) is 14.9. The van der Waals surface area contributed by atoms with E-state index in [4.69, 9.17) is 0 Å². The van der Waals surface area contributed by atoms with E-state index in [0.717, 1.165) is 19.3 Å². The number of carbonyl (C=O) groups excluding carboxylic acids is 2. The molecule has 2 fully saturated rings. The predicted molar refractivity (Wildman–Crippen MR) is 120 cm³/mol. The molecule has 31 heavy (non-hydrogen) atoms. The highest BCUT2D eigenvalue weighted by Crippen LogP contribution is 2.44. The summed E-state index contributed by atoms with van der Waals surface area (Å²) in [4.78, 5) is 41.2. The topological polar surface area (TPSA) is 69.6 Å². The minimum Gasteiger partial charge on any atom is -0.348 e. The Balaban J connectivity index is 1.61. The molecule has 1 aromatic carbocycles. The maximum Gasteiger partial charge on any atom is 0.253 e. The van der Waals surface area contributed by atoms with E-state index in [2.05, 4.69) is 21.8 Å². The van der Waals surface area contributed by atoms with Crippen LogP contribution in [0.25, 0.3) is 0 Å². The van der Waals surface area contributed by atoms with Gasteiger partial charge < -0.3 is 14.7 Å². The molecule has 2 atom stereocenters. The van der Waals surface area contributed by atoms with Crippen molar-refractivity contribution in [3.63, 3.8) is 0 Å². The highest BCUT2D eigenvalue weighted by atomic mass is 16.2. The zero-order chi connectivity index (χ0) is 22.0. The van der Waals surface area contributed by atoms with Gasteiger partial charge in [0, 0.05) is 64.1 Å². The normalized spacial score (nSPS) is 23.3. The van der Waals surface area contributed by atoms with Gasteiger partial charge in [-0.1, -0.05) is 19.1 Å². The number of hydrogen-bond donors (Lipinski definition) is 0. The van der Waals surface area contributed by atoms with Gasteiger partial charge in [-0.05, 0) is 43.0 Å². The number of anilines is 1. The summed E-state index contributed by atoms with van der Waals surface area (Å²) in [6, 6.07) is 9.68. The molecule has 0 bridgehead atoms. The third kappa shape index (κ3) is 4.01. The van der Waals surface area contributed by atoms with E-state index < -0.39 is 5.41 Å². The Morgan fingerprint density at radius 2 is 1.84 bits per heavy atom. The van der Waals surface area contributed by atoms with Crippen molar-refractivity contribution in [1.29, 1.82) is 0 Å². The summed E-state index contributed by atoms with van der Waals surface area (Å²) in [5, 5.41) is 0. The van der Waals surface area contributed by atoms with Gasteiger partial charge >= 0.3 is 0 Å². The van der Waals surface area contributed by atoms with Gasteiger partial charge in [-0.2, -0.15) is 0 Å². The number of amides is 2. The summed E-state index contributed by atoms with van der Waals surface area (Å²) in [7, 11) is 3.64. The van der Waals surface area contributed by atoms with Gasteiger partial charge in [0.15, 0.2) is 0 Å². The first kappa shape index (κ1) is 21.3. The molecule has 3 heterocycles. The highest BCUT2D eigenvalue weighted by molar-refractivity contribution is 5.94. The molecule has 0 unspecified atom stereocenters. The summed E-state index contributed by atoms with van der Waals surface area (Å²) in [6.45, 7) is 4.61. The molecule has 2 saturated heterocycles. The van der Waals surface area contributed by atoms with Crippen molar-refractivity contribution >= 4 is 17.8 Å². The van der Waals surface area contributed by atoms with Gasteiger partial charge in [-0.15, -0.1) is 0 Å². The van der Waals surface area contributed by atoms with E-state index in [-0.39, 0.29) is 17.7 Å². The Kier molecular flexibility index (Phi) is 5.94. The van der Waals surface area contributed by atoms with Gasteiger partial charge in [0.05, 0.1) is 5.41 Å². The number of fused-ring (bicyclic) bond motifs is 1. The lowest BCUT2D eigenvalue weighted by molar-refractivity contribution is -0.141. The number of aryl methyl sites for hydroxylation is 1. The van der Waals surface area contributed by atoms with Crippen molar-refractivity contribution in [2.75, 3.05) is 45.2 Å². The molecule has 0 N–H and O–H groups in total. The van der Waals surface area contributed by atoms with Gasteiger partial charge in [0.1, 0.15) is 0 Å². The summed E-state index contributed by atoms with van der Waals surface area (Å²) in [5.74, 6) is 0.866. The Morgan fingerprint density at radius 1 is 1.13 bits per heavy atom. The van der Waals surface area contributed by atoms with Crippen LogP contribution in [-0.2, 0) is 11.2 Å². The quantitative estimate of drug-likeness (QED) is 0.759. The van der Waals surface area contributed by atoms with Gasteiger partial charge in [0.2, 0.25) is 11.9 Å². The largest absolute Gasteiger partial charge is 0.348 e. The van der Waals surface area contributed by atoms with Crippen LogP contribution in [-0.4, -0.2) is 71.9 Å². The molecule has 4 rings (SSSR count). The minimum absolute atomic E-state index is 0.0348. The van der Waals surface area contributed by atoms with Crippen molar-refractivity contribution in [2.45, 2.75) is 26.2 Å². The van der Waals surface area contributed by atoms with E-state index in [0.29, 0.717) is 37.7 Å². The molecule has 0 radical (unpaired) electrons. The highest BCUT2D eigenvalue weighted by Gasteiger charge is 2.54. The molecule has 0 saturated carbocycles. The van der Waals surface area contributed by atoms with Crippen LogP contribution >= 0.6 is 0 Å². The monoisotopic (exact) mass is 421 g/mol. The van der Waals surface area contributed by atoms with Crippen LogP contribution in [0.15, 0.2) is 42.7 Å². The van der Waals surface area contributed by atoms with Gasteiger partial charge in [0.25, 0.3) is 5.91 Å². The first-order valence-electron chi connectivity index (χ1n) is 11.1. The lowest BCUT2D eigenvalue weighted by Gasteiger charge is -2.34. The smallest absolute Gasteiger partial charge is 0.253 e. The Labute approximate surface area is 184 Å². The van der Waals surface area contributed by atoms with Crippen LogP contribution in [0, 0.1) is 11.3 Å². The number of benzene rings is 1. The van der Waals surface area contributed by atoms with E-state index in [1.165, 1.54) is 5.56 Å². The maximum absolute atomic E-state index is 13.4. The molecule has 0 spiro atoms. The van der Waals surface area contributed by atoms with Crippen molar-refractivity contribution in [3.05, 3.63) is 53.9 Å². The summed E-state index contributed by atoms with van der Waals surface area (Å²) < 4.78 is 0. The SMILES string of the molecule is CCc1ccc(C(=O)N2CCC[C@]3(C(=O)N(C)C)CN(c4ncccn4)C[C@@H]3C2)cc1. The summed E-state index contributed by atoms with van der Waals surface area (Å²) in [5.41, 5.74) is 1.41. The fraction of sp³-hybridized carbons (Fsp3) is 0.500. The third-order valence-electron chi connectivity index (χ3n) is 6.75. The van der Waals surface area contributed by atoms with E-state index in [9.17, 15) is 9.59 Å². The lowest BCUT2D eigenvalue weighted by atomic mass is 9.74. The number of hydrogen-bond acceptors (Lipinski definition) is 5. The van der Waals surface area contributed by atoms with E-state index in [1.807, 2.05) is 43.3 Å². The number of rotatable bonds is 4. The van der Waals surface area contributed by atoms with Crippen LogP contribution in [0.5, 0.6) is 0 Å². The summed E-state index contributed by atoms with van der Waals surface area (Å²) in [6.07, 6.45) is 5.97. The zero-order valence-electron chi connectivity index (χ0n) is 18.6. The molecular formula is C24H31N5O2. The molecule has 164 valence electrons. The second kappa shape index (κ2) is 8.65. The maximum atomic E-state index is 13.4. The van der Waals surface area contributed by atoms with E-state index in [1.54, 1.807) is 23.4 Å². The average molecular weight is 422 g/mol. The molecular weight excluding hydrogens is 390 g/mol. The number of carbonyl (C=O) groups is 2. The molecule has 2 aliphatic rings. The fourth-order valence-electron chi connectivity index (χ4n) is 5.08.